The summed E-state index contributed by atoms with van der Waals surface area (Å²) in [5.74, 6) is -2.05. The summed E-state index contributed by atoms with van der Waals surface area (Å²) in [6.07, 6.45) is 2.30. The Balaban J connectivity index is 2.23. The van der Waals surface area contributed by atoms with Gasteiger partial charge in [0.15, 0.2) is 5.56 Å². The second kappa shape index (κ2) is 12.7. The van der Waals surface area contributed by atoms with Crippen LogP contribution in [-0.4, -0.2) is 22.9 Å². The first-order valence-corrected chi connectivity index (χ1v) is 11.5. The van der Waals surface area contributed by atoms with E-state index in [0.29, 0.717) is 18.5 Å². The highest BCUT2D eigenvalue weighted by molar-refractivity contribution is 9.10. The van der Waals surface area contributed by atoms with Gasteiger partial charge in [-0.05, 0) is 33.5 Å². The molecule has 1 heterocycles. The summed E-state index contributed by atoms with van der Waals surface area (Å²) in [5.41, 5.74) is -0.681. The normalized spacial score (nSPS) is 12.1. The van der Waals surface area contributed by atoms with Crippen LogP contribution in [0.2, 0.25) is 0 Å². The van der Waals surface area contributed by atoms with E-state index in [1.165, 1.54) is 17.9 Å². The van der Waals surface area contributed by atoms with Gasteiger partial charge in [-0.3, -0.25) is 4.68 Å². The van der Waals surface area contributed by atoms with Crippen LogP contribution < -0.4 is 9.84 Å². The van der Waals surface area contributed by atoms with Crippen LogP contribution in [-0.2, 0) is 28.9 Å². The third-order valence-electron chi connectivity index (χ3n) is 4.99. The van der Waals surface area contributed by atoms with E-state index in [9.17, 15) is 23.1 Å². The Morgan fingerprint density at radius 1 is 1.18 bits per heavy atom. The number of alkyl halides is 3. The summed E-state index contributed by atoms with van der Waals surface area (Å²) in [6.45, 7) is 2.11. The molecule has 0 radical (unpaired) electrons. The zero-order valence-electron chi connectivity index (χ0n) is 18.6. The third kappa shape index (κ3) is 7.52. The van der Waals surface area contributed by atoms with Gasteiger partial charge in [0, 0.05) is 12.1 Å². The van der Waals surface area contributed by atoms with Crippen molar-refractivity contribution in [2.24, 2.45) is 0 Å². The lowest BCUT2D eigenvalue weighted by Crippen LogP contribution is -2.24. The number of benzene rings is 1. The summed E-state index contributed by atoms with van der Waals surface area (Å²) in [5, 5.41) is 15.5. The molecule has 0 saturated carbocycles. The van der Waals surface area contributed by atoms with Crippen LogP contribution in [0.15, 0.2) is 35.1 Å². The molecule has 6 nitrogen and oxygen atoms in total. The topological polar surface area (TPSA) is 76.4 Å². The molecule has 0 aliphatic carbocycles. The van der Waals surface area contributed by atoms with Crippen molar-refractivity contribution >= 4 is 27.5 Å². The Morgan fingerprint density at radius 3 is 2.48 bits per heavy atom. The zero-order valence-corrected chi connectivity index (χ0v) is 20.2. The van der Waals surface area contributed by atoms with Crippen LogP contribution in [0.5, 0.6) is 5.88 Å². The van der Waals surface area contributed by atoms with E-state index >= 15 is 0 Å². The summed E-state index contributed by atoms with van der Waals surface area (Å²) in [7, 11) is 1.28. The Hall–Kier alpha value is -2.49. The van der Waals surface area contributed by atoms with Gasteiger partial charge in [0.2, 0.25) is 5.88 Å². The molecule has 1 aromatic carbocycles. The van der Waals surface area contributed by atoms with Crippen molar-refractivity contribution in [3.05, 3.63) is 51.8 Å². The number of carboxylic acids is 1. The van der Waals surface area contributed by atoms with Crippen molar-refractivity contribution < 1.29 is 32.5 Å². The Morgan fingerprint density at radius 2 is 1.85 bits per heavy atom. The fourth-order valence-corrected chi connectivity index (χ4v) is 4.00. The molecule has 0 spiro atoms. The number of rotatable bonds is 13. The fourth-order valence-electron chi connectivity index (χ4n) is 3.34. The number of unbranched alkanes of at least 4 members (excludes halogenated alkanes) is 5. The minimum absolute atomic E-state index is 0.193. The van der Waals surface area contributed by atoms with Gasteiger partial charge in [0.25, 0.3) is 0 Å². The minimum atomic E-state index is -4.68. The first-order chi connectivity index (χ1) is 15.7. The zero-order chi connectivity index (χ0) is 24.4. The number of ether oxygens (including phenoxy) is 2. The maximum Gasteiger partial charge on any atom is 0.424 e. The van der Waals surface area contributed by atoms with E-state index in [0.717, 1.165) is 38.4 Å². The maximum absolute atomic E-state index is 13.7. The number of carbonyl (C=O) groups is 1. The number of hydrogen-bond acceptors (Lipinski definition) is 5. The van der Waals surface area contributed by atoms with E-state index in [4.69, 9.17) is 9.47 Å². The number of hydrogen-bond donors (Lipinski definition) is 0. The summed E-state index contributed by atoms with van der Waals surface area (Å²) in [6, 6.07) is 6.27. The number of halogens is 4. The predicted octanol–water partition coefficient (Wildman–Crippen LogP) is 5.34. The van der Waals surface area contributed by atoms with Crippen molar-refractivity contribution in [3.63, 3.8) is 0 Å². The van der Waals surface area contributed by atoms with E-state index in [1.54, 1.807) is 18.2 Å². The Labute approximate surface area is 199 Å². The van der Waals surface area contributed by atoms with E-state index < -0.39 is 23.6 Å². The average Bonchev–Trinajstić information content (AvgIpc) is 3.08. The highest BCUT2D eigenvalue weighted by atomic mass is 79.9. The fraction of sp³-hybridized carbons (Fsp3) is 0.478. The first kappa shape index (κ1) is 26.8. The number of carboxylic acid groups (broad SMARTS) is 1. The van der Waals surface area contributed by atoms with Crippen LogP contribution in [0.4, 0.5) is 13.2 Å². The molecule has 10 heteroatoms. The van der Waals surface area contributed by atoms with Gasteiger partial charge in [-0.15, -0.1) is 5.10 Å². The number of aryl methyl sites for hydroxylation is 1. The van der Waals surface area contributed by atoms with Gasteiger partial charge in [-0.2, -0.15) is 13.2 Å². The van der Waals surface area contributed by atoms with Crippen molar-refractivity contribution in [3.8, 4) is 5.88 Å². The van der Waals surface area contributed by atoms with Gasteiger partial charge in [-0.25, -0.2) is 0 Å². The predicted molar refractivity (Wildman–Crippen MR) is 119 cm³/mol. The molecule has 0 saturated heterocycles. The van der Waals surface area contributed by atoms with Crippen molar-refractivity contribution in [2.75, 3.05) is 7.11 Å². The van der Waals surface area contributed by atoms with Crippen molar-refractivity contribution in [2.45, 2.75) is 64.8 Å². The maximum atomic E-state index is 13.7. The van der Waals surface area contributed by atoms with Crippen LogP contribution >= 0.6 is 15.9 Å². The van der Waals surface area contributed by atoms with E-state index in [2.05, 4.69) is 28.0 Å². The largest absolute Gasteiger partial charge is 0.545 e. The molecule has 33 heavy (non-hydrogen) atoms. The van der Waals surface area contributed by atoms with Gasteiger partial charge in [-0.1, -0.05) is 63.3 Å². The Kier molecular flexibility index (Phi) is 10.3. The molecule has 0 aliphatic rings. The van der Waals surface area contributed by atoms with Gasteiger partial charge >= 0.3 is 6.18 Å². The average molecular weight is 532 g/mol. The number of carbonyl (C=O) groups excluding carboxylic acids is 1. The highest BCUT2D eigenvalue weighted by Crippen LogP contribution is 2.41. The van der Waals surface area contributed by atoms with Crippen molar-refractivity contribution in [1.29, 1.82) is 0 Å². The van der Waals surface area contributed by atoms with Gasteiger partial charge < -0.3 is 19.4 Å². The SMILES string of the molecule is CCCCCCCCn1nc(OCc2ccccc2/C(=C\OC)C(=O)[O-])c(C(F)(F)F)c1Br. The Bertz CT molecular complexity index is 958. The molecule has 0 aliphatic heterocycles. The molecule has 0 atom stereocenters. The van der Waals surface area contributed by atoms with E-state index in [-0.39, 0.29) is 22.3 Å². The molecule has 182 valence electrons. The summed E-state index contributed by atoms with van der Waals surface area (Å²) >= 11 is 3.02. The monoisotopic (exact) mass is 531 g/mol. The molecule has 0 unspecified atom stereocenters. The molecule has 0 N–H and O–H groups in total. The number of nitrogens with zero attached hydrogens (tertiary/aromatic N) is 2. The van der Waals surface area contributed by atoms with Crippen LogP contribution in [0.3, 0.4) is 0 Å². The lowest BCUT2D eigenvalue weighted by atomic mass is 10.0. The quantitative estimate of drug-likeness (QED) is 0.198. The van der Waals surface area contributed by atoms with Crippen LogP contribution in [0.25, 0.3) is 5.57 Å². The molecule has 2 aromatic rings. The van der Waals surface area contributed by atoms with Crippen molar-refractivity contribution in [1.82, 2.24) is 9.78 Å². The molecule has 2 rings (SSSR count). The van der Waals surface area contributed by atoms with E-state index in [1.807, 2.05) is 0 Å². The second-order valence-electron chi connectivity index (χ2n) is 7.46. The number of methoxy groups -OCH3 is 1. The van der Waals surface area contributed by atoms with Crippen LogP contribution in [0.1, 0.15) is 62.1 Å². The number of aliphatic carboxylic acids is 1. The minimum Gasteiger partial charge on any atom is -0.545 e. The third-order valence-corrected chi connectivity index (χ3v) is 5.80. The molecule has 0 amide bonds. The second-order valence-corrected chi connectivity index (χ2v) is 8.21. The molecule has 1 aromatic heterocycles. The van der Waals surface area contributed by atoms with Gasteiger partial charge in [0.1, 0.15) is 11.2 Å². The lowest BCUT2D eigenvalue weighted by molar-refractivity contribution is -0.295. The molecule has 0 fully saturated rings. The smallest absolute Gasteiger partial charge is 0.424 e. The first-order valence-electron chi connectivity index (χ1n) is 10.7. The number of aromatic nitrogens is 2. The lowest BCUT2D eigenvalue weighted by Gasteiger charge is -2.14. The highest BCUT2D eigenvalue weighted by Gasteiger charge is 2.40. The van der Waals surface area contributed by atoms with Gasteiger partial charge in [0.05, 0.1) is 19.3 Å². The molecular formula is C23H27BrF3N2O4-. The summed E-state index contributed by atoms with van der Waals surface area (Å²) < 4.78 is 52.5. The summed E-state index contributed by atoms with van der Waals surface area (Å²) in [4.78, 5) is 11.5. The molecule has 0 bridgehead atoms. The standard InChI is InChI=1S/C23H28BrF3N2O4/c1-3-4-5-6-7-10-13-29-20(24)19(23(25,26)27)21(28-29)33-14-16-11-8-9-12-17(16)18(15-32-2)22(30)31/h8-9,11-12,15H,3-7,10,13-14H2,1-2H3,(H,30,31)/p-1/b18-15+. The molecular weight excluding hydrogens is 505 g/mol. The van der Waals surface area contributed by atoms with Crippen LogP contribution in [0, 0.1) is 0 Å².